The molecule has 92 valence electrons. The molecule has 1 aromatic heterocycles. The Hall–Kier alpha value is -0.570. The zero-order chi connectivity index (χ0) is 12.7. The molecular formula is C12H16BrN3S. The summed E-state index contributed by atoms with van der Waals surface area (Å²) in [4.78, 5) is 4.27. The molecule has 0 saturated heterocycles. The topological polar surface area (TPSA) is 62.7 Å². The Morgan fingerprint density at radius 3 is 2.88 bits per heavy atom. The van der Waals surface area contributed by atoms with Crippen molar-refractivity contribution in [1.29, 1.82) is 5.26 Å². The SMILES string of the molecule is CCC(N)(C#N)CCCSc1ccc(Br)cn1. The van der Waals surface area contributed by atoms with E-state index in [1.807, 2.05) is 19.1 Å². The molecule has 2 N–H and O–H groups in total. The van der Waals surface area contributed by atoms with Crippen molar-refractivity contribution in [3.8, 4) is 6.07 Å². The van der Waals surface area contributed by atoms with Gasteiger partial charge in [0.1, 0.15) is 5.54 Å². The molecule has 0 amide bonds. The molecule has 0 aliphatic heterocycles. The van der Waals surface area contributed by atoms with Crippen LogP contribution in [0.5, 0.6) is 0 Å². The fraction of sp³-hybridized carbons (Fsp3) is 0.500. The lowest BCUT2D eigenvalue weighted by atomic mass is 9.94. The molecule has 0 fully saturated rings. The van der Waals surface area contributed by atoms with Crippen molar-refractivity contribution in [1.82, 2.24) is 4.98 Å². The quantitative estimate of drug-likeness (QED) is 0.646. The Bertz CT molecular complexity index is 388. The van der Waals surface area contributed by atoms with Gasteiger partial charge in [0.15, 0.2) is 0 Å². The summed E-state index contributed by atoms with van der Waals surface area (Å²) in [6.07, 6.45) is 4.16. The Morgan fingerprint density at radius 1 is 1.59 bits per heavy atom. The number of rotatable bonds is 6. The Labute approximate surface area is 115 Å². The van der Waals surface area contributed by atoms with E-state index in [9.17, 15) is 0 Å². The van der Waals surface area contributed by atoms with Crippen molar-refractivity contribution in [3.05, 3.63) is 22.8 Å². The van der Waals surface area contributed by atoms with Gasteiger partial charge in [-0.1, -0.05) is 6.92 Å². The van der Waals surface area contributed by atoms with Crippen LogP contribution in [0, 0.1) is 11.3 Å². The number of pyridine rings is 1. The highest BCUT2D eigenvalue weighted by molar-refractivity contribution is 9.10. The van der Waals surface area contributed by atoms with Gasteiger partial charge in [0, 0.05) is 10.7 Å². The number of nitrogens with two attached hydrogens (primary N) is 1. The molecule has 17 heavy (non-hydrogen) atoms. The minimum atomic E-state index is -0.659. The zero-order valence-electron chi connectivity index (χ0n) is 9.82. The van der Waals surface area contributed by atoms with Crippen LogP contribution in [-0.2, 0) is 0 Å². The van der Waals surface area contributed by atoms with Gasteiger partial charge in [-0.15, -0.1) is 11.8 Å². The average molecular weight is 314 g/mol. The van der Waals surface area contributed by atoms with Crippen LogP contribution in [0.2, 0.25) is 0 Å². The first-order chi connectivity index (χ1) is 8.09. The van der Waals surface area contributed by atoms with Gasteiger partial charge < -0.3 is 5.73 Å². The first kappa shape index (κ1) is 14.5. The second-order valence-corrected chi connectivity index (χ2v) is 5.92. The second-order valence-electron chi connectivity index (χ2n) is 3.89. The predicted molar refractivity (Wildman–Crippen MR) is 74.7 cm³/mol. The van der Waals surface area contributed by atoms with Crippen molar-refractivity contribution >= 4 is 27.7 Å². The molecule has 0 aliphatic rings. The monoisotopic (exact) mass is 313 g/mol. The van der Waals surface area contributed by atoms with Crippen molar-refractivity contribution in [2.24, 2.45) is 5.73 Å². The van der Waals surface area contributed by atoms with Crippen LogP contribution in [0.25, 0.3) is 0 Å². The summed E-state index contributed by atoms with van der Waals surface area (Å²) in [5, 5.41) is 9.94. The average Bonchev–Trinajstić information content (AvgIpc) is 2.36. The highest BCUT2D eigenvalue weighted by Crippen LogP contribution is 2.21. The maximum Gasteiger partial charge on any atom is 0.104 e. The van der Waals surface area contributed by atoms with Gasteiger partial charge in [0.05, 0.1) is 11.1 Å². The van der Waals surface area contributed by atoms with Gasteiger partial charge in [-0.3, -0.25) is 0 Å². The second kappa shape index (κ2) is 7.00. The summed E-state index contributed by atoms with van der Waals surface area (Å²) in [5.41, 5.74) is 5.24. The lowest BCUT2D eigenvalue weighted by Crippen LogP contribution is -2.37. The van der Waals surface area contributed by atoms with Crippen LogP contribution in [0.3, 0.4) is 0 Å². The van der Waals surface area contributed by atoms with E-state index in [1.54, 1.807) is 18.0 Å². The van der Waals surface area contributed by atoms with E-state index in [0.717, 1.165) is 28.1 Å². The molecule has 5 heteroatoms. The van der Waals surface area contributed by atoms with Crippen LogP contribution in [0.4, 0.5) is 0 Å². The Kier molecular flexibility index (Phi) is 5.96. The van der Waals surface area contributed by atoms with E-state index >= 15 is 0 Å². The molecule has 0 spiro atoms. The third-order valence-corrected chi connectivity index (χ3v) is 4.07. The minimum Gasteiger partial charge on any atom is -0.313 e. The first-order valence-electron chi connectivity index (χ1n) is 5.54. The molecule has 0 radical (unpaired) electrons. The van der Waals surface area contributed by atoms with Crippen molar-refractivity contribution in [2.75, 3.05) is 5.75 Å². The largest absolute Gasteiger partial charge is 0.313 e. The van der Waals surface area contributed by atoms with Gasteiger partial charge >= 0.3 is 0 Å². The van der Waals surface area contributed by atoms with Crippen molar-refractivity contribution < 1.29 is 0 Å². The summed E-state index contributed by atoms with van der Waals surface area (Å²) < 4.78 is 0.985. The van der Waals surface area contributed by atoms with Crippen LogP contribution in [-0.4, -0.2) is 16.3 Å². The highest BCUT2D eigenvalue weighted by atomic mass is 79.9. The smallest absolute Gasteiger partial charge is 0.104 e. The molecule has 1 aromatic rings. The number of aromatic nitrogens is 1. The molecule has 0 bridgehead atoms. The lowest BCUT2D eigenvalue weighted by molar-refractivity contribution is 0.478. The molecule has 1 heterocycles. The van der Waals surface area contributed by atoms with E-state index in [4.69, 9.17) is 11.0 Å². The standard InChI is InChI=1S/C12H16BrN3S/c1-2-12(15,9-14)6-3-7-17-11-5-4-10(13)8-16-11/h4-5,8H,2-3,6-7,15H2,1H3. The molecule has 1 unspecified atom stereocenters. The fourth-order valence-corrected chi connectivity index (χ4v) is 2.35. The van der Waals surface area contributed by atoms with Crippen LogP contribution >= 0.6 is 27.7 Å². The summed E-state index contributed by atoms with van der Waals surface area (Å²) in [5.74, 6) is 0.940. The third kappa shape index (κ3) is 5.07. The minimum absolute atomic E-state index is 0.659. The lowest BCUT2D eigenvalue weighted by Gasteiger charge is -2.18. The third-order valence-electron chi connectivity index (χ3n) is 2.57. The van der Waals surface area contributed by atoms with Gasteiger partial charge in [-0.2, -0.15) is 5.26 Å². The van der Waals surface area contributed by atoms with Gasteiger partial charge in [-0.25, -0.2) is 4.98 Å². The van der Waals surface area contributed by atoms with E-state index in [1.165, 1.54) is 0 Å². The Morgan fingerprint density at radius 2 is 2.35 bits per heavy atom. The van der Waals surface area contributed by atoms with Gasteiger partial charge in [0.2, 0.25) is 0 Å². The van der Waals surface area contributed by atoms with Crippen molar-refractivity contribution in [3.63, 3.8) is 0 Å². The molecule has 0 saturated carbocycles. The summed E-state index contributed by atoms with van der Waals surface area (Å²) in [6, 6.07) is 6.14. The highest BCUT2D eigenvalue weighted by Gasteiger charge is 2.20. The molecule has 3 nitrogen and oxygen atoms in total. The van der Waals surface area contributed by atoms with E-state index in [0.29, 0.717) is 6.42 Å². The van der Waals surface area contributed by atoms with Crippen molar-refractivity contribution in [2.45, 2.75) is 36.8 Å². The number of halogens is 1. The van der Waals surface area contributed by atoms with E-state index in [2.05, 4.69) is 27.0 Å². The molecule has 1 atom stereocenters. The first-order valence-corrected chi connectivity index (χ1v) is 7.32. The van der Waals surface area contributed by atoms with Crippen LogP contribution in [0.1, 0.15) is 26.2 Å². The number of nitrogens with zero attached hydrogens (tertiary/aromatic N) is 2. The Balaban J connectivity index is 2.29. The molecule has 1 rings (SSSR count). The van der Waals surface area contributed by atoms with Gasteiger partial charge in [0.25, 0.3) is 0 Å². The van der Waals surface area contributed by atoms with E-state index < -0.39 is 5.54 Å². The fourth-order valence-electron chi connectivity index (χ4n) is 1.32. The maximum atomic E-state index is 8.93. The van der Waals surface area contributed by atoms with Crippen LogP contribution < -0.4 is 5.73 Å². The summed E-state index contributed by atoms with van der Waals surface area (Å²) in [7, 11) is 0. The molecule has 0 aromatic carbocycles. The maximum absolute atomic E-state index is 8.93. The number of hydrogen-bond donors (Lipinski definition) is 1. The van der Waals surface area contributed by atoms with E-state index in [-0.39, 0.29) is 0 Å². The number of thioether (sulfide) groups is 1. The normalized spacial score (nSPS) is 14.0. The zero-order valence-corrected chi connectivity index (χ0v) is 12.2. The van der Waals surface area contributed by atoms with Crippen LogP contribution in [0.15, 0.2) is 27.8 Å². The molecular weight excluding hydrogens is 298 g/mol. The number of nitriles is 1. The molecule has 0 aliphatic carbocycles. The van der Waals surface area contributed by atoms with Gasteiger partial charge in [-0.05, 0) is 53.1 Å². The summed E-state index contributed by atoms with van der Waals surface area (Å²) >= 11 is 5.04. The predicted octanol–water partition coefficient (Wildman–Crippen LogP) is 3.35. The number of hydrogen-bond acceptors (Lipinski definition) is 4. The summed E-state index contributed by atoms with van der Waals surface area (Å²) in [6.45, 7) is 1.95.